The summed E-state index contributed by atoms with van der Waals surface area (Å²) in [6.45, 7) is 2.07. The molecule has 0 spiro atoms. The maximum absolute atomic E-state index is 10.4. The summed E-state index contributed by atoms with van der Waals surface area (Å²) in [7, 11) is 0. The zero-order valence-corrected chi connectivity index (χ0v) is 9.68. The van der Waals surface area contributed by atoms with E-state index in [4.69, 9.17) is 4.42 Å². The van der Waals surface area contributed by atoms with Crippen molar-refractivity contribution in [2.75, 3.05) is 0 Å². The van der Waals surface area contributed by atoms with Crippen molar-refractivity contribution >= 4 is 5.88 Å². The largest absolute Gasteiger partial charge is 0.433 e. The summed E-state index contributed by atoms with van der Waals surface area (Å²) >= 11 is 0. The lowest BCUT2D eigenvalue weighted by Gasteiger charge is -2.00. The van der Waals surface area contributed by atoms with Gasteiger partial charge in [0.2, 0.25) is 0 Å². The van der Waals surface area contributed by atoms with Crippen molar-refractivity contribution in [1.29, 1.82) is 0 Å². The molecule has 0 aliphatic carbocycles. The molecule has 0 amide bonds. The first-order chi connectivity index (χ1) is 8.60. The minimum atomic E-state index is -0.648. The van der Waals surface area contributed by atoms with E-state index < -0.39 is 11.0 Å². The summed E-state index contributed by atoms with van der Waals surface area (Å²) in [6, 6.07) is 2.80. The molecule has 2 rings (SSSR count). The summed E-state index contributed by atoms with van der Waals surface area (Å²) in [6.07, 6.45) is 1.48. The normalized spacial score (nSPS) is 12.6. The van der Waals surface area contributed by atoms with Gasteiger partial charge in [0, 0.05) is 0 Å². The summed E-state index contributed by atoms with van der Waals surface area (Å²) < 4.78 is 6.45. The molecular formula is C10H12N4O4. The molecule has 2 heterocycles. The van der Waals surface area contributed by atoms with E-state index in [9.17, 15) is 15.2 Å². The molecule has 0 saturated heterocycles. The van der Waals surface area contributed by atoms with Gasteiger partial charge in [0.25, 0.3) is 0 Å². The highest BCUT2D eigenvalue weighted by Gasteiger charge is 2.14. The van der Waals surface area contributed by atoms with E-state index in [1.54, 1.807) is 6.20 Å². The Bertz CT molecular complexity index is 548. The summed E-state index contributed by atoms with van der Waals surface area (Å²) in [5, 5.41) is 27.6. The van der Waals surface area contributed by atoms with Crippen LogP contribution in [-0.2, 0) is 6.54 Å². The molecule has 8 nitrogen and oxygen atoms in total. The molecule has 0 radical (unpaired) electrons. The van der Waals surface area contributed by atoms with E-state index in [0.717, 1.165) is 0 Å². The SMILES string of the molecule is CCC(O)c1cn(Cc2ccc([N+](=O)[O-])o2)nn1. The number of nitro groups is 1. The van der Waals surface area contributed by atoms with Crippen LogP contribution in [0.4, 0.5) is 5.88 Å². The van der Waals surface area contributed by atoms with Gasteiger partial charge in [-0.15, -0.1) is 5.10 Å². The molecule has 2 aromatic rings. The molecular weight excluding hydrogens is 240 g/mol. The van der Waals surface area contributed by atoms with E-state index in [-0.39, 0.29) is 12.4 Å². The molecule has 1 atom stereocenters. The number of aromatic nitrogens is 3. The predicted octanol–water partition coefficient (Wildman–Crippen LogP) is 1.27. The lowest BCUT2D eigenvalue weighted by Crippen LogP contribution is -1.99. The molecule has 8 heteroatoms. The minimum Gasteiger partial charge on any atom is -0.404 e. The Morgan fingerprint density at radius 1 is 1.61 bits per heavy atom. The fourth-order valence-corrected chi connectivity index (χ4v) is 1.46. The van der Waals surface area contributed by atoms with Gasteiger partial charge < -0.3 is 9.52 Å². The number of hydrogen-bond donors (Lipinski definition) is 1. The van der Waals surface area contributed by atoms with Gasteiger partial charge in [-0.05, 0) is 12.5 Å². The standard InChI is InChI=1S/C10H12N4O4/c1-2-9(15)8-6-13(12-11-8)5-7-3-4-10(18-7)14(16)17/h3-4,6,9,15H,2,5H2,1H3. The van der Waals surface area contributed by atoms with E-state index in [0.29, 0.717) is 17.9 Å². The average Bonchev–Trinajstić information content (AvgIpc) is 2.98. The van der Waals surface area contributed by atoms with E-state index >= 15 is 0 Å². The zero-order valence-electron chi connectivity index (χ0n) is 9.68. The van der Waals surface area contributed by atoms with Crippen molar-refractivity contribution in [1.82, 2.24) is 15.0 Å². The van der Waals surface area contributed by atoms with Crippen molar-refractivity contribution in [3.8, 4) is 0 Å². The second-order valence-corrected chi connectivity index (χ2v) is 3.76. The number of rotatable bonds is 5. The Labute approximate surface area is 102 Å². The van der Waals surface area contributed by atoms with Gasteiger partial charge in [-0.2, -0.15) is 0 Å². The Morgan fingerprint density at radius 3 is 3.00 bits per heavy atom. The monoisotopic (exact) mass is 252 g/mol. The Hall–Kier alpha value is -2.22. The number of hydrogen-bond acceptors (Lipinski definition) is 6. The quantitative estimate of drug-likeness (QED) is 0.634. The first kappa shape index (κ1) is 12.2. The lowest BCUT2D eigenvalue weighted by atomic mass is 10.2. The molecule has 0 aromatic carbocycles. The molecule has 0 saturated carbocycles. The molecule has 1 unspecified atom stereocenters. The first-order valence-corrected chi connectivity index (χ1v) is 5.41. The highest BCUT2D eigenvalue weighted by molar-refractivity contribution is 5.17. The topological polar surface area (TPSA) is 107 Å². The van der Waals surface area contributed by atoms with Gasteiger partial charge in [0.05, 0.1) is 18.4 Å². The van der Waals surface area contributed by atoms with E-state index in [2.05, 4.69) is 10.3 Å². The van der Waals surface area contributed by atoms with Crippen LogP contribution >= 0.6 is 0 Å². The highest BCUT2D eigenvalue weighted by Crippen LogP contribution is 2.17. The van der Waals surface area contributed by atoms with Crippen LogP contribution in [0.25, 0.3) is 0 Å². The van der Waals surface area contributed by atoms with Crippen LogP contribution in [0.2, 0.25) is 0 Å². The molecule has 0 bridgehead atoms. The van der Waals surface area contributed by atoms with Crippen LogP contribution < -0.4 is 0 Å². The molecule has 18 heavy (non-hydrogen) atoms. The van der Waals surface area contributed by atoms with Gasteiger partial charge in [0.15, 0.2) is 0 Å². The van der Waals surface area contributed by atoms with Gasteiger partial charge in [0.1, 0.15) is 22.9 Å². The molecule has 0 aliphatic heterocycles. The summed E-state index contributed by atoms with van der Waals surface area (Å²) in [5.41, 5.74) is 0.471. The maximum atomic E-state index is 10.4. The Balaban J connectivity index is 2.08. The van der Waals surface area contributed by atoms with E-state index in [1.165, 1.54) is 16.8 Å². The van der Waals surface area contributed by atoms with Crippen molar-refractivity contribution in [2.24, 2.45) is 0 Å². The van der Waals surface area contributed by atoms with E-state index in [1.807, 2.05) is 6.92 Å². The number of aliphatic hydroxyl groups is 1. The molecule has 2 aromatic heterocycles. The third-order valence-corrected chi connectivity index (χ3v) is 2.43. The van der Waals surface area contributed by atoms with Crippen LogP contribution in [0, 0.1) is 10.1 Å². The smallest absolute Gasteiger partial charge is 0.404 e. The maximum Gasteiger partial charge on any atom is 0.433 e. The fourth-order valence-electron chi connectivity index (χ4n) is 1.46. The highest BCUT2D eigenvalue weighted by atomic mass is 16.6. The third kappa shape index (κ3) is 2.54. The van der Waals surface area contributed by atoms with Crippen LogP contribution in [0.15, 0.2) is 22.7 Å². The molecule has 1 N–H and O–H groups in total. The van der Waals surface area contributed by atoms with Gasteiger partial charge in [-0.3, -0.25) is 10.1 Å². The molecule has 0 aliphatic rings. The predicted molar refractivity (Wildman–Crippen MR) is 59.7 cm³/mol. The number of nitrogens with zero attached hydrogens (tertiary/aromatic N) is 4. The van der Waals surface area contributed by atoms with Gasteiger partial charge in [-0.25, -0.2) is 4.68 Å². The van der Waals surface area contributed by atoms with Crippen molar-refractivity contribution in [3.05, 3.63) is 39.9 Å². The third-order valence-electron chi connectivity index (χ3n) is 2.43. The average molecular weight is 252 g/mol. The second-order valence-electron chi connectivity index (χ2n) is 3.76. The molecule has 96 valence electrons. The second kappa shape index (κ2) is 4.96. The van der Waals surface area contributed by atoms with Gasteiger partial charge >= 0.3 is 5.88 Å². The van der Waals surface area contributed by atoms with Crippen molar-refractivity contribution in [2.45, 2.75) is 26.0 Å². The zero-order chi connectivity index (χ0) is 13.1. The van der Waals surface area contributed by atoms with Crippen LogP contribution in [0.5, 0.6) is 0 Å². The number of furan rings is 1. The van der Waals surface area contributed by atoms with Crippen LogP contribution in [0.3, 0.4) is 0 Å². The Kier molecular flexibility index (Phi) is 3.38. The number of aliphatic hydroxyl groups excluding tert-OH is 1. The van der Waals surface area contributed by atoms with Crippen LogP contribution in [0.1, 0.15) is 30.9 Å². The van der Waals surface area contributed by atoms with Crippen LogP contribution in [-0.4, -0.2) is 25.0 Å². The van der Waals surface area contributed by atoms with Crippen molar-refractivity contribution < 1.29 is 14.4 Å². The Morgan fingerprint density at radius 2 is 2.39 bits per heavy atom. The summed E-state index contributed by atoms with van der Waals surface area (Å²) in [4.78, 5) is 9.84. The summed E-state index contributed by atoms with van der Waals surface area (Å²) in [5.74, 6) is 0.100. The first-order valence-electron chi connectivity index (χ1n) is 5.41. The minimum absolute atomic E-state index is 0.233. The molecule has 0 fully saturated rings. The fraction of sp³-hybridized carbons (Fsp3) is 0.400. The van der Waals surface area contributed by atoms with Crippen molar-refractivity contribution in [3.63, 3.8) is 0 Å². The lowest BCUT2D eigenvalue weighted by molar-refractivity contribution is -0.402. The van der Waals surface area contributed by atoms with Gasteiger partial charge in [-0.1, -0.05) is 12.1 Å².